The van der Waals surface area contributed by atoms with Gasteiger partial charge in [-0.2, -0.15) is 0 Å². The first-order valence-electron chi connectivity index (χ1n) is 8.61. The third-order valence-corrected chi connectivity index (χ3v) is 4.29. The quantitative estimate of drug-likeness (QED) is 0.431. The molecule has 2 aromatic carbocycles. The van der Waals surface area contributed by atoms with Gasteiger partial charge in [-0.25, -0.2) is 0 Å². The predicted molar refractivity (Wildman–Crippen MR) is 98.6 cm³/mol. The SMILES string of the molecule is O=C(COc1ccc2c(c1)CCC2)NCCNc1ccc([N+](=O)[O-])cc1. The number of nitrogens with zero attached hydrogens (tertiary/aromatic N) is 1. The van der Waals surface area contributed by atoms with E-state index in [9.17, 15) is 14.9 Å². The summed E-state index contributed by atoms with van der Waals surface area (Å²) in [5, 5.41) is 16.5. The number of carbonyl (C=O) groups is 1. The molecule has 1 aliphatic rings. The van der Waals surface area contributed by atoms with E-state index in [0.717, 1.165) is 24.3 Å². The third-order valence-electron chi connectivity index (χ3n) is 4.29. The Labute approximate surface area is 151 Å². The number of rotatable bonds is 8. The molecule has 0 aliphatic heterocycles. The van der Waals surface area contributed by atoms with Gasteiger partial charge < -0.3 is 15.4 Å². The van der Waals surface area contributed by atoms with Gasteiger partial charge in [0.2, 0.25) is 0 Å². The Balaban J connectivity index is 1.34. The van der Waals surface area contributed by atoms with Crippen LogP contribution < -0.4 is 15.4 Å². The fourth-order valence-corrected chi connectivity index (χ4v) is 2.95. The van der Waals surface area contributed by atoms with Crippen molar-refractivity contribution in [3.05, 3.63) is 63.7 Å². The van der Waals surface area contributed by atoms with Gasteiger partial charge in [-0.3, -0.25) is 14.9 Å². The fraction of sp³-hybridized carbons (Fsp3) is 0.316. The standard InChI is InChI=1S/C19H21N3O4/c23-19(13-26-18-9-4-14-2-1-3-15(14)12-18)21-11-10-20-16-5-7-17(8-6-16)22(24)25/h4-9,12,20H,1-3,10-11,13H2,(H,21,23). The Morgan fingerprint density at radius 2 is 1.85 bits per heavy atom. The maximum atomic E-state index is 11.8. The van der Waals surface area contributed by atoms with Crippen molar-refractivity contribution in [3.8, 4) is 5.75 Å². The second kappa shape index (κ2) is 8.33. The lowest BCUT2D eigenvalue weighted by atomic mass is 10.1. The zero-order chi connectivity index (χ0) is 18.4. The van der Waals surface area contributed by atoms with Gasteiger partial charge in [0.1, 0.15) is 5.75 Å². The summed E-state index contributed by atoms with van der Waals surface area (Å²) in [6.45, 7) is 0.933. The number of anilines is 1. The number of non-ortho nitro benzene ring substituents is 1. The lowest BCUT2D eigenvalue weighted by molar-refractivity contribution is -0.384. The molecule has 0 atom stereocenters. The minimum atomic E-state index is -0.439. The number of hydrogen-bond donors (Lipinski definition) is 2. The molecule has 7 heteroatoms. The highest BCUT2D eigenvalue weighted by Gasteiger charge is 2.11. The molecule has 0 spiro atoms. The maximum absolute atomic E-state index is 11.8. The van der Waals surface area contributed by atoms with Crippen molar-refractivity contribution in [1.82, 2.24) is 5.32 Å². The normalized spacial score (nSPS) is 12.3. The molecule has 3 rings (SSSR count). The molecule has 7 nitrogen and oxygen atoms in total. The van der Waals surface area contributed by atoms with Crippen LogP contribution in [0.2, 0.25) is 0 Å². The second-order valence-corrected chi connectivity index (χ2v) is 6.15. The maximum Gasteiger partial charge on any atom is 0.269 e. The van der Waals surface area contributed by atoms with Gasteiger partial charge in [0.05, 0.1) is 4.92 Å². The van der Waals surface area contributed by atoms with Gasteiger partial charge in [0.25, 0.3) is 11.6 Å². The molecule has 0 fully saturated rings. The second-order valence-electron chi connectivity index (χ2n) is 6.15. The van der Waals surface area contributed by atoms with Gasteiger partial charge in [0.15, 0.2) is 6.61 Å². The van der Waals surface area contributed by atoms with Gasteiger partial charge in [-0.15, -0.1) is 0 Å². The highest BCUT2D eigenvalue weighted by Crippen LogP contribution is 2.25. The van der Waals surface area contributed by atoms with E-state index in [2.05, 4.69) is 16.7 Å². The average Bonchev–Trinajstić information content (AvgIpc) is 3.11. The van der Waals surface area contributed by atoms with E-state index in [-0.39, 0.29) is 18.2 Å². The first kappa shape index (κ1) is 17.7. The van der Waals surface area contributed by atoms with E-state index in [1.54, 1.807) is 12.1 Å². The molecule has 2 N–H and O–H groups in total. The van der Waals surface area contributed by atoms with Crippen LogP contribution in [0.25, 0.3) is 0 Å². The van der Waals surface area contributed by atoms with Gasteiger partial charge >= 0.3 is 0 Å². The van der Waals surface area contributed by atoms with Crippen molar-refractivity contribution in [2.45, 2.75) is 19.3 Å². The molecule has 1 aliphatic carbocycles. The van der Waals surface area contributed by atoms with Gasteiger partial charge in [-0.05, 0) is 54.7 Å². The number of ether oxygens (including phenoxy) is 1. The molecular weight excluding hydrogens is 334 g/mol. The number of benzene rings is 2. The monoisotopic (exact) mass is 355 g/mol. The Bertz CT molecular complexity index is 790. The largest absolute Gasteiger partial charge is 0.484 e. The van der Waals surface area contributed by atoms with Crippen molar-refractivity contribution in [2.24, 2.45) is 0 Å². The summed E-state index contributed by atoms with van der Waals surface area (Å²) >= 11 is 0. The number of nitrogens with one attached hydrogen (secondary N) is 2. The van der Waals surface area contributed by atoms with Crippen LogP contribution in [0.3, 0.4) is 0 Å². The van der Waals surface area contributed by atoms with Crippen LogP contribution in [0.4, 0.5) is 11.4 Å². The van der Waals surface area contributed by atoms with Crippen LogP contribution in [0.15, 0.2) is 42.5 Å². The fourth-order valence-electron chi connectivity index (χ4n) is 2.95. The summed E-state index contributed by atoms with van der Waals surface area (Å²) in [5.41, 5.74) is 3.50. The van der Waals surface area contributed by atoms with Crippen LogP contribution in [0.1, 0.15) is 17.5 Å². The van der Waals surface area contributed by atoms with Crippen molar-refractivity contribution in [3.63, 3.8) is 0 Å². The predicted octanol–water partition coefficient (Wildman–Crippen LogP) is 2.69. The van der Waals surface area contributed by atoms with Crippen molar-refractivity contribution < 1.29 is 14.5 Å². The first-order chi connectivity index (χ1) is 12.6. The molecule has 0 saturated heterocycles. The summed E-state index contributed by atoms with van der Waals surface area (Å²) in [6, 6.07) is 12.1. The van der Waals surface area contributed by atoms with E-state index in [0.29, 0.717) is 13.1 Å². The third kappa shape index (κ3) is 4.72. The lowest BCUT2D eigenvalue weighted by Crippen LogP contribution is -2.32. The molecule has 0 saturated carbocycles. The number of hydrogen-bond acceptors (Lipinski definition) is 5. The lowest BCUT2D eigenvalue weighted by Gasteiger charge is -2.10. The van der Waals surface area contributed by atoms with E-state index >= 15 is 0 Å². The van der Waals surface area contributed by atoms with Crippen molar-refractivity contribution >= 4 is 17.3 Å². The van der Waals surface area contributed by atoms with Crippen LogP contribution in [-0.4, -0.2) is 30.5 Å². The smallest absolute Gasteiger partial charge is 0.269 e. The van der Waals surface area contributed by atoms with Crippen LogP contribution in [-0.2, 0) is 17.6 Å². The minimum Gasteiger partial charge on any atom is -0.484 e. The molecule has 0 bridgehead atoms. The highest BCUT2D eigenvalue weighted by atomic mass is 16.6. The zero-order valence-electron chi connectivity index (χ0n) is 14.4. The first-order valence-corrected chi connectivity index (χ1v) is 8.61. The molecule has 1 amide bonds. The number of aryl methyl sites for hydroxylation is 2. The van der Waals surface area contributed by atoms with Crippen molar-refractivity contribution in [1.29, 1.82) is 0 Å². The van der Waals surface area contributed by atoms with Crippen LogP contribution in [0.5, 0.6) is 5.75 Å². The van der Waals surface area contributed by atoms with Gasteiger partial charge in [-0.1, -0.05) is 6.07 Å². The summed E-state index contributed by atoms with van der Waals surface area (Å²) in [4.78, 5) is 22.0. The Morgan fingerprint density at radius 1 is 1.08 bits per heavy atom. The Hall–Kier alpha value is -3.09. The van der Waals surface area contributed by atoms with Crippen molar-refractivity contribution in [2.75, 3.05) is 25.0 Å². The van der Waals surface area contributed by atoms with E-state index in [4.69, 9.17) is 4.74 Å². The summed E-state index contributed by atoms with van der Waals surface area (Å²) in [5.74, 6) is 0.542. The molecule has 136 valence electrons. The van der Waals surface area contributed by atoms with Crippen LogP contribution >= 0.6 is 0 Å². The molecule has 0 aromatic heterocycles. The zero-order valence-corrected chi connectivity index (χ0v) is 14.4. The van der Waals surface area contributed by atoms with Crippen LogP contribution in [0, 0.1) is 10.1 Å². The number of carbonyl (C=O) groups excluding carboxylic acids is 1. The molecule has 0 radical (unpaired) electrons. The summed E-state index contributed by atoms with van der Waals surface area (Å²) in [6.07, 6.45) is 3.38. The Kier molecular flexibility index (Phi) is 5.68. The minimum absolute atomic E-state index is 0.0175. The van der Waals surface area contributed by atoms with E-state index < -0.39 is 4.92 Å². The Morgan fingerprint density at radius 3 is 2.62 bits per heavy atom. The number of amides is 1. The summed E-state index contributed by atoms with van der Waals surface area (Å²) in [7, 11) is 0. The highest BCUT2D eigenvalue weighted by molar-refractivity contribution is 5.77. The molecule has 2 aromatic rings. The average molecular weight is 355 g/mol. The van der Waals surface area contributed by atoms with E-state index in [1.165, 1.54) is 29.7 Å². The number of nitro groups is 1. The topological polar surface area (TPSA) is 93.5 Å². The number of nitro benzene ring substituents is 1. The van der Waals surface area contributed by atoms with Gasteiger partial charge in [0, 0.05) is 30.9 Å². The molecule has 26 heavy (non-hydrogen) atoms. The molecular formula is C19H21N3O4. The summed E-state index contributed by atoms with van der Waals surface area (Å²) < 4.78 is 5.55. The van der Waals surface area contributed by atoms with E-state index in [1.807, 2.05) is 12.1 Å². The molecule has 0 heterocycles. The molecule has 0 unspecified atom stereocenters. The number of fused-ring (bicyclic) bond motifs is 1.